The van der Waals surface area contributed by atoms with Crippen molar-refractivity contribution in [2.45, 2.75) is 45.8 Å². The number of carbonyl (C=O) groups is 1. The highest BCUT2D eigenvalue weighted by atomic mass is 32.1. The van der Waals surface area contributed by atoms with E-state index in [1.54, 1.807) is 24.3 Å². The van der Waals surface area contributed by atoms with Gasteiger partial charge in [0.05, 0.1) is 5.69 Å². The summed E-state index contributed by atoms with van der Waals surface area (Å²) in [5.74, 6) is 1.04. The van der Waals surface area contributed by atoms with E-state index in [-0.39, 0.29) is 18.1 Å². The van der Waals surface area contributed by atoms with Crippen LogP contribution in [-0.4, -0.2) is 26.6 Å². The first kappa shape index (κ1) is 23.4. The molecule has 176 valence electrons. The number of amides is 1. The second-order valence-electron chi connectivity index (χ2n) is 7.66. The minimum atomic E-state index is -0.594. The zero-order valence-electron chi connectivity index (χ0n) is 19.1. The fraction of sp³-hybridized carbons (Fsp3) is 0.280. The van der Waals surface area contributed by atoms with E-state index >= 15 is 0 Å². The topological polar surface area (TPSA) is 94.8 Å². The first-order valence-electron chi connectivity index (χ1n) is 11.2. The molecule has 0 aliphatic rings. The maximum Gasteiger partial charge on any atom is 0.275 e. The molecule has 1 atom stereocenters. The van der Waals surface area contributed by atoms with Gasteiger partial charge in [0.1, 0.15) is 23.1 Å². The Morgan fingerprint density at radius 2 is 1.85 bits per heavy atom. The fourth-order valence-electron chi connectivity index (χ4n) is 3.28. The monoisotopic (exact) mass is 478 g/mol. The Hall–Kier alpha value is -3.72. The summed E-state index contributed by atoms with van der Waals surface area (Å²) >= 11 is 1.42. The number of nitrogens with one attached hydrogen (secondary N) is 1. The average molecular weight is 479 g/mol. The van der Waals surface area contributed by atoms with Crippen LogP contribution in [0.15, 0.2) is 65.5 Å². The first-order chi connectivity index (χ1) is 16.6. The summed E-state index contributed by atoms with van der Waals surface area (Å²) in [5, 5.41) is 8.08. The normalized spacial score (nSPS) is 11.8. The van der Waals surface area contributed by atoms with Gasteiger partial charge in [-0.05, 0) is 49.2 Å². The number of rotatable bonds is 10. The van der Waals surface area contributed by atoms with Crippen LogP contribution in [0, 0.1) is 0 Å². The quantitative estimate of drug-likeness (QED) is 0.361. The van der Waals surface area contributed by atoms with E-state index in [1.807, 2.05) is 37.3 Å². The highest BCUT2D eigenvalue weighted by Gasteiger charge is 2.18. The lowest BCUT2D eigenvalue weighted by Gasteiger charge is -2.17. The molecule has 0 spiro atoms. The Kier molecular flexibility index (Phi) is 7.54. The number of carbonyl (C=O) groups excluding carboxylic acids is 1. The molecule has 0 bridgehead atoms. The molecule has 0 saturated heterocycles. The predicted molar refractivity (Wildman–Crippen MR) is 132 cm³/mol. The first-order valence-corrected chi connectivity index (χ1v) is 12.0. The van der Waals surface area contributed by atoms with E-state index in [9.17, 15) is 9.59 Å². The molecule has 1 N–H and O–H groups in total. The second-order valence-corrected chi connectivity index (χ2v) is 8.70. The number of ether oxygens (including phenoxy) is 2. The zero-order chi connectivity index (χ0) is 23.9. The molecule has 2 aromatic carbocycles. The Morgan fingerprint density at radius 1 is 1.09 bits per heavy atom. The Balaban J connectivity index is 1.35. The van der Waals surface area contributed by atoms with Crippen LogP contribution >= 0.6 is 11.3 Å². The van der Waals surface area contributed by atoms with Crippen molar-refractivity contribution in [3.63, 3.8) is 0 Å². The molecule has 1 amide bonds. The van der Waals surface area contributed by atoms with Crippen molar-refractivity contribution in [3.05, 3.63) is 81.7 Å². The van der Waals surface area contributed by atoms with E-state index in [4.69, 9.17) is 9.47 Å². The molecule has 2 heterocycles. The van der Waals surface area contributed by atoms with Crippen molar-refractivity contribution >= 4 is 27.9 Å². The maximum atomic E-state index is 12.6. The SMILES string of the molecule is CCCc1nn2c(=O)cc(COc3ccc(NC(=O)[C@H](CC)Oc4ccccc4)cc3)nc2s1. The molecule has 4 rings (SSSR count). The molecular weight excluding hydrogens is 452 g/mol. The van der Waals surface area contributed by atoms with Gasteiger partial charge in [0.25, 0.3) is 11.5 Å². The summed E-state index contributed by atoms with van der Waals surface area (Å²) in [6.07, 6.45) is 1.72. The third-order valence-corrected chi connectivity index (χ3v) is 5.97. The van der Waals surface area contributed by atoms with Gasteiger partial charge in [0.15, 0.2) is 6.10 Å². The molecule has 4 aromatic rings. The number of fused-ring (bicyclic) bond motifs is 1. The van der Waals surface area contributed by atoms with Crippen LogP contribution in [0.4, 0.5) is 5.69 Å². The van der Waals surface area contributed by atoms with E-state index in [0.717, 1.165) is 17.8 Å². The summed E-state index contributed by atoms with van der Waals surface area (Å²) in [7, 11) is 0. The lowest BCUT2D eigenvalue weighted by molar-refractivity contribution is -0.122. The maximum absolute atomic E-state index is 12.6. The van der Waals surface area contributed by atoms with Crippen molar-refractivity contribution in [1.82, 2.24) is 14.6 Å². The van der Waals surface area contributed by atoms with E-state index < -0.39 is 6.10 Å². The van der Waals surface area contributed by atoms with E-state index in [0.29, 0.717) is 34.3 Å². The van der Waals surface area contributed by atoms with Crippen molar-refractivity contribution in [1.29, 1.82) is 0 Å². The molecule has 0 saturated carbocycles. The summed E-state index contributed by atoms with van der Waals surface area (Å²) < 4.78 is 12.9. The van der Waals surface area contributed by atoms with Crippen LogP contribution in [0.5, 0.6) is 11.5 Å². The van der Waals surface area contributed by atoms with E-state index in [1.165, 1.54) is 21.9 Å². The summed E-state index contributed by atoms with van der Waals surface area (Å²) in [6, 6.07) is 17.7. The minimum Gasteiger partial charge on any atom is -0.487 e. The standard InChI is InChI=1S/C25H26N4O4S/c1-3-8-22-28-29-23(30)15-18(27-25(29)34-22)16-32-19-13-11-17(12-14-19)26-24(31)21(4-2)33-20-9-6-5-7-10-20/h5-7,9-15,21H,3-4,8,16H2,1-2H3,(H,26,31)/t21-/m0/s1. The molecule has 0 aliphatic carbocycles. The number of aryl methyl sites for hydroxylation is 1. The van der Waals surface area contributed by atoms with Crippen LogP contribution in [0.25, 0.3) is 4.96 Å². The van der Waals surface area contributed by atoms with Crippen LogP contribution in [0.1, 0.15) is 37.4 Å². The summed E-state index contributed by atoms with van der Waals surface area (Å²) in [4.78, 5) is 30.0. The Bertz CT molecular complexity index is 1300. The number of hydrogen-bond donors (Lipinski definition) is 1. The predicted octanol–water partition coefficient (Wildman–Crippen LogP) is 4.48. The van der Waals surface area contributed by atoms with Crippen molar-refractivity contribution < 1.29 is 14.3 Å². The number of aromatic nitrogens is 3. The number of anilines is 1. The zero-order valence-corrected chi connectivity index (χ0v) is 19.9. The highest BCUT2D eigenvalue weighted by Crippen LogP contribution is 2.19. The minimum absolute atomic E-state index is 0.154. The van der Waals surface area contributed by atoms with Crippen LogP contribution in [0.2, 0.25) is 0 Å². The van der Waals surface area contributed by atoms with Crippen LogP contribution in [0.3, 0.4) is 0 Å². The summed E-state index contributed by atoms with van der Waals surface area (Å²) in [6.45, 7) is 4.12. The molecular formula is C25H26N4O4S. The average Bonchev–Trinajstić information content (AvgIpc) is 3.26. The lowest BCUT2D eigenvalue weighted by Crippen LogP contribution is -2.32. The van der Waals surface area contributed by atoms with Gasteiger partial charge < -0.3 is 14.8 Å². The lowest BCUT2D eigenvalue weighted by atomic mass is 10.2. The molecule has 0 fully saturated rings. The molecule has 34 heavy (non-hydrogen) atoms. The molecule has 9 heteroatoms. The fourth-order valence-corrected chi connectivity index (χ4v) is 4.30. The van der Waals surface area contributed by atoms with Crippen molar-refractivity contribution in [2.75, 3.05) is 5.32 Å². The Morgan fingerprint density at radius 3 is 2.56 bits per heavy atom. The largest absolute Gasteiger partial charge is 0.487 e. The number of benzene rings is 2. The molecule has 0 radical (unpaired) electrons. The summed E-state index contributed by atoms with van der Waals surface area (Å²) in [5.41, 5.74) is 0.958. The third kappa shape index (κ3) is 5.79. The van der Waals surface area contributed by atoms with Gasteiger partial charge in [-0.25, -0.2) is 4.98 Å². The van der Waals surface area contributed by atoms with Crippen molar-refractivity contribution in [2.24, 2.45) is 0 Å². The van der Waals surface area contributed by atoms with Crippen molar-refractivity contribution in [3.8, 4) is 11.5 Å². The van der Waals surface area contributed by atoms with Gasteiger partial charge in [-0.1, -0.05) is 43.4 Å². The molecule has 0 aliphatic heterocycles. The molecule has 8 nitrogen and oxygen atoms in total. The van der Waals surface area contributed by atoms with Gasteiger partial charge in [-0.2, -0.15) is 9.61 Å². The molecule has 0 unspecified atom stereocenters. The number of hydrogen-bond acceptors (Lipinski definition) is 7. The van der Waals surface area contributed by atoms with Crippen LogP contribution < -0.4 is 20.3 Å². The van der Waals surface area contributed by atoms with Crippen LogP contribution in [-0.2, 0) is 17.8 Å². The van der Waals surface area contributed by atoms with Gasteiger partial charge in [-0.3, -0.25) is 9.59 Å². The molecule has 2 aromatic heterocycles. The second kappa shape index (κ2) is 10.9. The van der Waals surface area contributed by atoms with Gasteiger partial charge in [-0.15, -0.1) is 0 Å². The highest BCUT2D eigenvalue weighted by molar-refractivity contribution is 7.16. The van der Waals surface area contributed by atoms with Gasteiger partial charge >= 0.3 is 0 Å². The smallest absolute Gasteiger partial charge is 0.275 e. The van der Waals surface area contributed by atoms with Gasteiger partial charge in [0.2, 0.25) is 4.96 Å². The number of nitrogens with zero attached hydrogens (tertiary/aromatic N) is 3. The van der Waals surface area contributed by atoms with E-state index in [2.05, 4.69) is 22.3 Å². The number of para-hydroxylation sites is 1. The van der Waals surface area contributed by atoms with Gasteiger partial charge in [0, 0.05) is 18.2 Å². The Labute approximate surface area is 201 Å². The third-order valence-electron chi connectivity index (χ3n) is 5.00.